The molecule has 3 aromatic carbocycles. The summed E-state index contributed by atoms with van der Waals surface area (Å²) >= 11 is 0.187. The van der Waals surface area contributed by atoms with Crippen LogP contribution in [0.15, 0.2) is 89.8 Å². The van der Waals surface area contributed by atoms with Crippen LogP contribution in [0.4, 0.5) is 0 Å². The van der Waals surface area contributed by atoms with Crippen LogP contribution in [-0.2, 0) is 10.0 Å². The first-order chi connectivity index (χ1) is 14.5. The molecule has 0 bridgehead atoms. The Balaban J connectivity index is 1.78. The Morgan fingerprint density at radius 3 is 2.10 bits per heavy atom. The van der Waals surface area contributed by atoms with Crippen LogP contribution in [0.3, 0.4) is 0 Å². The molecule has 0 aromatic heterocycles. The van der Waals surface area contributed by atoms with E-state index in [1.165, 1.54) is 4.46 Å². The van der Waals surface area contributed by atoms with Crippen LogP contribution in [0.5, 0.6) is 0 Å². The van der Waals surface area contributed by atoms with Gasteiger partial charge in [-0.25, -0.2) is 0 Å². The molecular formula is C25H27NO2SSe. The van der Waals surface area contributed by atoms with E-state index in [9.17, 15) is 8.42 Å². The summed E-state index contributed by atoms with van der Waals surface area (Å²) in [7, 11) is -3.60. The van der Waals surface area contributed by atoms with E-state index in [-0.39, 0.29) is 27.0 Å². The Morgan fingerprint density at radius 1 is 0.900 bits per heavy atom. The first kappa shape index (κ1) is 21.3. The molecule has 0 aliphatic carbocycles. The minimum absolute atomic E-state index is 0.0112. The van der Waals surface area contributed by atoms with Gasteiger partial charge in [0.1, 0.15) is 0 Å². The first-order valence-electron chi connectivity index (χ1n) is 10.4. The van der Waals surface area contributed by atoms with Crippen molar-refractivity contribution in [2.45, 2.75) is 48.5 Å². The fourth-order valence-electron chi connectivity index (χ4n) is 4.21. The summed E-state index contributed by atoms with van der Waals surface area (Å²) < 4.78 is 30.8. The molecule has 0 unspecified atom stereocenters. The predicted molar refractivity (Wildman–Crippen MR) is 124 cm³/mol. The van der Waals surface area contributed by atoms with Crippen molar-refractivity contribution in [3.05, 3.63) is 96.1 Å². The van der Waals surface area contributed by atoms with Gasteiger partial charge in [0.15, 0.2) is 0 Å². The number of nitrogens with zero attached hydrogens (tertiary/aromatic N) is 1. The molecule has 156 valence electrons. The quantitative estimate of drug-likeness (QED) is 0.475. The van der Waals surface area contributed by atoms with Crippen molar-refractivity contribution in [3.63, 3.8) is 0 Å². The van der Waals surface area contributed by atoms with E-state index in [4.69, 9.17) is 0 Å². The van der Waals surface area contributed by atoms with Gasteiger partial charge in [-0.1, -0.05) is 0 Å². The van der Waals surface area contributed by atoms with E-state index in [0.717, 1.165) is 24.0 Å². The number of benzene rings is 3. The van der Waals surface area contributed by atoms with E-state index < -0.39 is 10.0 Å². The number of sulfonamides is 1. The van der Waals surface area contributed by atoms with Gasteiger partial charge < -0.3 is 0 Å². The Kier molecular flexibility index (Phi) is 6.45. The average Bonchev–Trinajstić information content (AvgIpc) is 3.14. The van der Waals surface area contributed by atoms with Gasteiger partial charge in [0.05, 0.1) is 0 Å². The van der Waals surface area contributed by atoms with Gasteiger partial charge >= 0.3 is 187 Å². The second-order valence-corrected chi connectivity index (χ2v) is 12.4. The molecule has 0 N–H and O–H groups in total. The molecule has 4 rings (SSSR count). The minimum atomic E-state index is -3.60. The Bertz CT molecular complexity index is 1070. The van der Waals surface area contributed by atoms with Crippen LogP contribution in [0, 0.1) is 6.92 Å². The van der Waals surface area contributed by atoms with Crippen molar-refractivity contribution in [2.75, 3.05) is 0 Å². The van der Waals surface area contributed by atoms with Gasteiger partial charge in [-0.2, -0.15) is 0 Å². The van der Waals surface area contributed by atoms with Crippen LogP contribution in [0.1, 0.15) is 36.9 Å². The number of aryl methyl sites for hydroxylation is 1. The molecule has 1 saturated heterocycles. The zero-order chi connectivity index (χ0) is 21.1. The maximum atomic E-state index is 13.8. The van der Waals surface area contributed by atoms with E-state index in [0.29, 0.717) is 9.71 Å². The Morgan fingerprint density at radius 2 is 1.50 bits per heavy atom. The van der Waals surface area contributed by atoms with Gasteiger partial charge in [0.25, 0.3) is 0 Å². The summed E-state index contributed by atoms with van der Waals surface area (Å²) in [5.41, 5.74) is 2.15. The van der Waals surface area contributed by atoms with Crippen molar-refractivity contribution >= 4 is 29.4 Å². The van der Waals surface area contributed by atoms with Crippen LogP contribution in [0.2, 0.25) is 4.82 Å². The van der Waals surface area contributed by atoms with Gasteiger partial charge in [-0.3, -0.25) is 0 Å². The third-order valence-corrected chi connectivity index (χ3v) is 10.4. The summed E-state index contributed by atoms with van der Waals surface area (Å²) in [6, 6.07) is 27.8. The molecule has 1 aliphatic heterocycles. The van der Waals surface area contributed by atoms with Crippen molar-refractivity contribution in [1.29, 1.82) is 0 Å². The third kappa shape index (κ3) is 4.26. The first-order valence-corrected chi connectivity index (χ1v) is 13.7. The van der Waals surface area contributed by atoms with Crippen molar-refractivity contribution in [2.24, 2.45) is 0 Å². The van der Waals surface area contributed by atoms with Gasteiger partial charge in [-0.15, -0.1) is 0 Å². The molecule has 0 spiro atoms. The summed E-state index contributed by atoms with van der Waals surface area (Å²) in [4.78, 5) is 0.688. The number of rotatable bonds is 6. The summed E-state index contributed by atoms with van der Waals surface area (Å²) in [6.07, 6.45) is 1.71. The summed E-state index contributed by atoms with van der Waals surface area (Å²) in [5, 5.41) is 0. The SMILES string of the molecule is CC[C@H]1C[C@@H]([Se]c2ccccc2)[C@H](c2ccccc2)N1S(=O)(=O)c1ccc(C)cc1. The summed E-state index contributed by atoms with van der Waals surface area (Å²) in [5.74, 6) is 0. The van der Waals surface area contributed by atoms with Crippen LogP contribution >= 0.6 is 0 Å². The van der Waals surface area contributed by atoms with Crippen molar-refractivity contribution in [1.82, 2.24) is 4.31 Å². The molecule has 0 saturated carbocycles. The second kappa shape index (κ2) is 9.07. The molecule has 1 aliphatic rings. The zero-order valence-electron chi connectivity index (χ0n) is 17.3. The van der Waals surface area contributed by atoms with E-state index in [2.05, 4.69) is 43.3 Å². The molecule has 1 fully saturated rings. The fourth-order valence-corrected chi connectivity index (χ4v) is 9.24. The van der Waals surface area contributed by atoms with E-state index >= 15 is 0 Å². The fraction of sp³-hybridized carbons (Fsp3) is 0.280. The molecule has 0 radical (unpaired) electrons. The molecule has 5 heteroatoms. The molecule has 0 amide bonds. The van der Waals surface area contributed by atoms with E-state index in [1.807, 2.05) is 47.6 Å². The number of hydrogen-bond donors (Lipinski definition) is 0. The van der Waals surface area contributed by atoms with Crippen molar-refractivity contribution in [3.8, 4) is 0 Å². The molecule has 3 nitrogen and oxygen atoms in total. The van der Waals surface area contributed by atoms with Crippen molar-refractivity contribution < 1.29 is 8.42 Å². The average molecular weight is 485 g/mol. The summed E-state index contributed by atoms with van der Waals surface area (Å²) in [6.45, 7) is 4.08. The standard InChI is InChI=1S/C25H27NO2SSe/c1-3-21-18-24(30-23-12-8-5-9-13-23)25(20-10-6-4-7-11-20)26(21)29(27,28)22-16-14-19(2)15-17-22/h4-17,21,24-25H,3,18H2,1-2H3/t21-,24+,25-/m0/s1. The van der Waals surface area contributed by atoms with Gasteiger partial charge in [0.2, 0.25) is 0 Å². The second-order valence-electron chi connectivity index (χ2n) is 7.77. The predicted octanol–water partition coefficient (Wildman–Crippen LogP) is 4.73. The Labute approximate surface area is 186 Å². The Hall–Kier alpha value is -1.91. The van der Waals surface area contributed by atoms with E-state index in [1.54, 1.807) is 12.1 Å². The number of hydrogen-bond acceptors (Lipinski definition) is 2. The molecule has 3 aromatic rings. The molecule has 3 atom stereocenters. The molecular weight excluding hydrogens is 457 g/mol. The molecule has 30 heavy (non-hydrogen) atoms. The molecule has 1 heterocycles. The zero-order valence-corrected chi connectivity index (χ0v) is 19.8. The van der Waals surface area contributed by atoms with Gasteiger partial charge in [-0.05, 0) is 0 Å². The maximum absolute atomic E-state index is 13.8. The van der Waals surface area contributed by atoms with Gasteiger partial charge in [0, 0.05) is 0 Å². The third-order valence-electron chi connectivity index (χ3n) is 5.73. The normalized spacial score (nSPS) is 22.3. The topological polar surface area (TPSA) is 37.4 Å². The van der Waals surface area contributed by atoms with Crippen LogP contribution < -0.4 is 4.46 Å². The van der Waals surface area contributed by atoms with Crippen LogP contribution in [0.25, 0.3) is 0 Å². The van der Waals surface area contributed by atoms with Crippen LogP contribution in [-0.4, -0.2) is 33.7 Å². The monoisotopic (exact) mass is 485 g/mol.